The molecule has 1 aromatic rings. The van der Waals surface area contributed by atoms with E-state index >= 15 is 0 Å². The zero-order chi connectivity index (χ0) is 21.6. The molecule has 0 atom stereocenters. The van der Waals surface area contributed by atoms with Crippen molar-refractivity contribution in [3.8, 4) is 5.75 Å². The molecule has 0 radical (unpaired) electrons. The minimum Gasteiger partial charge on any atom is -0.403 e. The maximum Gasteiger partial charge on any atom is 0.524 e. The molecule has 9 nitrogen and oxygen atoms in total. The highest BCUT2D eigenvalue weighted by Gasteiger charge is 2.43. The number of benzene rings is 1. The lowest BCUT2D eigenvalue weighted by Crippen LogP contribution is -2.29. The van der Waals surface area contributed by atoms with E-state index in [4.69, 9.17) is 9.79 Å². The number of ketones is 2. The summed E-state index contributed by atoms with van der Waals surface area (Å²) in [5.74, 6) is 0.156. The molecule has 3 aliphatic heterocycles. The summed E-state index contributed by atoms with van der Waals surface area (Å²) in [4.78, 5) is 47.5. The van der Waals surface area contributed by atoms with Crippen LogP contribution in [0.1, 0.15) is 0 Å². The van der Waals surface area contributed by atoms with Gasteiger partial charge in [-0.25, -0.2) is 4.57 Å². The van der Waals surface area contributed by atoms with Crippen LogP contribution in [0.2, 0.25) is 0 Å². The summed E-state index contributed by atoms with van der Waals surface area (Å²) in [6.07, 6.45) is 1.52. The first-order chi connectivity index (χ1) is 14.1. The van der Waals surface area contributed by atoms with Gasteiger partial charge in [0, 0.05) is 49.8 Å². The Bertz CT molecular complexity index is 1020. The Hall–Kier alpha value is -1.65. The molecule has 0 spiro atoms. The number of nitrogens with zero attached hydrogens (tertiary/aromatic N) is 3. The van der Waals surface area contributed by atoms with E-state index < -0.39 is 7.82 Å². The van der Waals surface area contributed by atoms with Crippen molar-refractivity contribution in [3.63, 3.8) is 0 Å². The highest BCUT2D eigenvalue weighted by Crippen LogP contribution is 2.41. The van der Waals surface area contributed by atoms with Crippen molar-refractivity contribution in [1.82, 2.24) is 14.7 Å². The van der Waals surface area contributed by atoms with Gasteiger partial charge < -0.3 is 19.2 Å². The van der Waals surface area contributed by atoms with Gasteiger partial charge in [0.1, 0.15) is 17.1 Å². The van der Waals surface area contributed by atoms with E-state index in [0.29, 0.717) is 21.6 Å². The van der Waals surface area contributed by atoms with Crippen molar-refractivity contribution >= 4 is 51.2 Å². The average molecular weight is 563 g/mol. The topological polar surface area (TPSA) is 110 Å². The third kappa shape index (κ3) is 5.15. The summed E-state index contributed by atoms with van der Waals surface area (Å²) >= 11 is 6.30. The number of phosphoric acid groups is 1. The zero-order valence-electron chi connectivity index (χ0n) is 15.6. The number of Topliss-reactive ketones (excluding diaryl/α,β-unsaturated/α-hetero) is 1. The van der Waals surface area contributed by atoms with Gasteiger partial charge in [-0.15, -0.1) is 0 Å². The molecule has 160 valence electrons. The van der Waals surface area contributed by atoms with Crippen molar-refractivity contribution in [2.24, 2.45) is 0 Å². The molecule has 3 saturated heterocycles. The molecule has 0 bridgehead atoms. The van der Waals surface area contributed by atoms with Gasteiger partial charge in [0.05, 0.1) is 10.2 Å². The molecular formula is C18H18Br2N3O6P. The fourth-order valence-corrected chi connectivity index (χ4v) is 4.62. The second-order valence-electron chi connectivity index (χ2n) is 7.04. The number of carbonyl (C=O) groups is 2. The number of hydrogen-bond donors (Lipinski definition) is 2. The van der Waals surface area contributed by atoms with Crippen LogP contribution in [0, 0.1) is 0 Å². The predicted molar refractivity (Wildman–Crippen MR) is 114 cm³/mol. The van der Waals surface area contributed by atoms with E-state index in [0.717, 1.165) is 43.7 Å². The molecule has 0 aromatic heterocycles. The lowest BCUT2D eigenvalue weighted by atomic mass is 10.0. The maximum atomic E-state index is 12.4. The fraction of sp³-hybridized carbons (Fsp3) is 0.333. The average Bonchev–Trinajstić information content (AvgIpc) is 3.51. The van der Waals surface area contributed by atoms with Crippen LogP contribution in [0.25, 0.3) is 0 Å². The highest BCUT2D eigenvalue weighted by molar-refractivity contribution is 9.11. The van der Waals surface area contributed by atoms with Crippen LogP contribution in [-0.2, 0) is 14.2 Å². The van der Waals surface area contributed by atoms with Gasteiger partial charge in [-0.2, -0.15) is 0 Å². The van der Waals surface area contributed by atoms with Crippen LogP contribution in [0.4, 0.5) is 0 Å². The molecular weight excluding hydrogens is 545 g/mol. The molecule has 0 unspecified atom stereocenters. The first kappa shape index (κ1) is 21.6. The van der Waals surface area contributed by atoms with Crippen LogP contribution in [0.15, 0.2) is 50.3 Å². The van der Waals surface area contributed by atoms with Crippen molar-refractivity contribution in [2.45, 2.75) is 0 Å². The third-order valence-corrected chi connectivity index (χ3v) is 6.15. The molecule has 5 rings (SSSR count). The van der Waals surface area contributed by atoms with E-state index in [9.17, 15) is 14.2 Å². The molecule has 30 heavy (non-hydrogen) atoms. The molecule has 1 aliphatic carbocycles. The Balaban J connectivity index is 0.000000152. The second-order valence-corrected chi connectivity index (χ2v) is 9.97. The number of rotatable bonds is 5. The molecule has 0 amide bonds. The van der Waals surface area contributed by atoms with Gasteiger partial charge in [0.15, 0.2) is 0 Å². The van der Waals surface area contributed by atoms with Crippen LogP contribution in [0.3, 0.4) is 0 Å². The Morgan fingerprint density at radius 1 is 0.900 bits per heavy atom. The molecule has 2 N–H and O–H groups in total. The van der Waals surface area contributed by atoms with Gasteiger partial charge in [-0.3, -0.25) is 19.4 Å². The number of halogens is 2. The van der Waals surface area contributed by atoms with Crippen molar-refractivity contribution in [2.75, 3.05) is 39.3 Å². The number of phosphoric ester groups is 1. The van der Waals surface area contributed by atoms with Crippen molar-refractivity contribution in [3.05, 3.63) is 50.3 Å². The van der Waals surface area contributed by atoms with Gasteiger partial charge in [0.25, 0.3) is 0 Å². The zero-order valence-corrected chi connectivity index (χ0v) is 19.7. The number of carbonyl (C=O) groups excluding carboxylic acids is 2. The molecule has 0 saturated carbocycles. The van der Waals surface area contributed by atoms with Gasteiger partial charge in [-0.05, 0) is 34.1 Å². The Labute approximate surface area is 189 Å². The highest BCUT2D eigenvalue weighted by atomic mass is 79.9. The normalized spacial score (nSPS) is 20.0. The largest absolute Gasteiger partial charge is 0.524 e. The van der Waals surface area contributed by atoms with Crippen molar-refractivity contribution < 1.29 is 28.5 Å². The first-order valence-electron chi connectivity index (χ1n) is 9.14. The first-order valence-corrected chi connectivity index (χ1v) is 12.3. The van der Waals surface area contributed by atoms with Gasteiger partial charge in [-0.1, -0.05) is 15.9 Å². The lowest BCUT2D eigenvalue weighted by Gasteiger charge is -2.21. The smallest absolute Gasteiger partial charge is 0.403 e. The van der Waals surface area contributed by atoms with Crippen molar-refractivity contribution in [1.29, 1.82) is 0 Å². The van der Waals surface area contributed by atoms with Crippen LogP contribution in [0.5, 0.6) is 5.75 Å². The van der Waals surface area contributed by atoms with E-state index in [-0.39, 0.29) is 17.3 Å². The van der Waals surface area contributed by atoms with E-state index in [1.807, 2.05) is 14.7 Å². The summed E-state index contributed by atoms with van der Waals surface area (Å²) in [5, 5.41) is 0. The Morgan fingerprint density at radius 3 is 1.97 bits per heavy atom. The second kappa shape index (κ2) is 8.12. The number of hydrogen-bond acceptors (Lipinski definition) is 7. The van der Waals surface area contributed by atoms with E-state index in [1.165, 1.54) is 12.1 Å². The summed E-state index contributed by atoms with van der Waals surface area (Å²) in [6.45, 7) is 5.41. The minimum absolute atomic E-state index is 0.00546. The van der Waals surface area contributed by atoms with Gasteiger partial charge in [0.2, 0.25) is 11.6 Å². The number of allylic oxidation sites excluding steroid dienone is 1. The lowest BCUT2D eigenvalue weighted by molar-refractivity contribution is -0.117. The van der Waals surface area contributed by atoms with E-state index in [1.54, 1.807) is 12.1 Å². The Kier molecular flexibility index (Phi) is 5.84. The maximum absolute atomic E-state index is 12.4. The summed E-state index contributed by atoms with van der Waals surface area (Å²) < 4.78 is 16.1. The fourth-order valence-electron chi connectivity index (χ4n) is 2.95. The van der Waals surface area contributed by atoms with Crippen LogP contribution >= 0.6 is 39.7 Å². The summed E-state index contributed by atoms with van der Waals surface area (Å²) in [7, 11) is -4.47. The minimum atomic E-state index is -4.47. The van der Waals surface area contributed by atoms with Crippen LogP contribution < -0.4 is 4.52 Å². The molecule has 12 heteroatoms. The SMILES string of the molecule is O=C1C=C(N2CC2)C(=O)C(N2CC2)=C1N1CC1.O=P(O)(O)Oc1ccc(Br)cc1Br. The predicted octanol–water partition coefficient (Wildman–Crippen LogP) is 1.86. The quantitative estimate of drug-likeness (QED) is 0.316. The molecule has 4 aliphatic rings. The Morgan fingerprint density at radius 2 is 1.47 bits per heavy atom. The molecule has 3 heterocycles. The molecule has 1 aromatic carbocycles. The summed E-state index contributed by atoms with van der Waals surface area (Å²) in [5.41, 5.74) is 1.89. The van der Waals surface area contributed by atoms with Gasteiger partial charge >= 0.3 is 7.82 Å². The van der Waals surface area contributed by atoms with E-state index in [2.05, 4.69) is 36.4 Å². The summed E-state index contributed by atoms with van der Waals surface area (Å²) in [6, 6.07) is 4.70. The third-order valence-electron chi connectivity index (χ3n) is 4.60. The molecule has 3 fully saturated rings. The van der Waals surface area contributed by atoms with Crippen LogP contribution in [-0.4, -0.2) is 75.3 Å². The standard InChI is InChI=1S/C12H13N3O2.C6H5Br2O4P/c16-9-7-8(13-1-2-13)12(17)11(15-5-6-15)10(9)14-3-4-14;7-4-1-2-6(5(8)3-4)12-13(9,10)11/h7H,1-6H2;1-3H,(H2,9,10,11). The monoisotopic (exact) mass is 561 g/mol.